The van der Waals surface area contributed by atoms with Crippen molar-refractivity contribution in [2.75, 3.05) is 17.8 Å². The summed E-state index contributed by atoms with van der Waals surface area (Å²) in [6, 6.07) is 14.0. The highest BCUT2D eigenvalue weighted by molar-refractivity contribution is 5.47. The number of phenolic OH excluding ortho intramolecular Hbond substituents is 1. The van der Waals surface area contributed by atoms with Gasteiger partial charge in [0.1, 0.15) is 11.5 Å². The van der Waals surface area contributed by atoms with E-state index in [1.54, 1.807) is 42.5 Å². The predicted octanol–water partition coefficient (Wildman–Crippen LogP) is 2.42. The third-order valence-electron chi connectivity index (χ3n) is 2.24. The maximum atomic E-state index is 9.27. The SMILES string of the molecule is Nc1ccc(OCNc2cccc(O)c2)cc1. The van der Waals surface area contributed by atoms with E-state index in [1.165, 1.54) is 0 Å². The monoisotopic (exact) mass is 230 g/mol. The summed E-state index contributed by atoms with van der Waals surface area (Å²) in [7, 11) is 0. The Morgan fingerprint density at radius 1 is 1.12 bits per heavy atom. The molecule has 0 amide bonds. The third kappa shape index (κ3) is 3.31. The number of rotatable bonds is 4. The van der Waals surface area contributed by atoms with Crippen molar-refractivity contribution in [3.8, 4) is 11.5 Å². The third-order valence-corrected chi connectivity index (χ3v) is 2.24. The first kappa shape index (κ1) is 11.1. The predicted molar refractivity (Wildman–Crippen MR) is 68.1 cm³/mol. The zero-order valence-corrected chi connectivity index (χ0v) is 9.26. The Hall–Kier alpha value is -2.36. The van der Waals surface area contributed by atoms with Crippen LogP contribution in [-0.2, 0) is 0 Å². The molecule has 0 fully saturated rings. The van der Waals surface area contributed by atoms with Gasteiger partial charge in [-0.15, -0.1) is 0 Å². The van der Waals surface area contributed by atoms with Crippen LogP contribution in [0.2, 0.25) is 0 Å². The molecular weight excluding hydrogens is 216 g/mol. The summed E-state index contributed by atoms with van der Waals surface area (Å²) in [6.07, 6.45) is 0. The van der Waals surface area contributed by atoms with Crippen LogP contribution in [0.5, 0.6) is 11.5 Å². The Kier molecular flexibility index (Phi) is 3.35. The molecule has 0 bridgehead atoms. The number of anilines is 2. The molecule has 0 saturated carbocycles. The number of nitrogens with one attached hydrogen (secondary N) is 1. The maximum absolute atomic E-state index is 9.27. The van der Waals surface area contributed by atoms with Crippen molar-refractivity contribution in [1.82, 2.24) is 0 Å². The first-order valence-electron chi connectivity index (χ1n) is 5.25. The molecule has 17 heavy (non-hydrogen) atoms. The lowest BCUT2D eigenvalue weighted by Gasteiger charge is -2.09. The molecular formula is C13H14N2O2. The average molecular weight is 230 g/mol. The zero-order valence-electron chi connectivity index (χ0n) is 9.26. The van der Waals surface area contributed by atoms with Crippen LogP contribution in [0.1, 0.15) is 0 Å². The lowest BCUT2D eigenvalue weighted by atomic mass is 10.3. The number of benzene rings is 2. The first-order valence-corrected chi connectivity index (χ1v) is 5.25. The van der Waals surface area contributed by atoms with Gasteiger partial charge in [0.05, 0.1) is 0 Å². The van der Waals surface area contributed by atoms with Crippen molar-refractivity contribution in [2.45, 2.75) is 0 Å². The molecule has 0 spiro atoms. The minimum absolute atomic E-state index is 0.225. The molecule has 4 heteroatoms. The van der Waals surface area contributed by atoms with Crippen LogP contribution in [0.3, 0.4) is 0 Å². The fourth-order valence-corrected chi connectivity index (χ4v) is 1.38. The number of ether oxygens (including phenoxy) is 1. The molecule has 0 aliphatic rings. The fraction of sp³-hybridized carbons (Fsp3) is 0.0769. The molecule has 2 aromatic carbocycles. The summed E-state index contributed by atoms with van der Waals surface area (Å²) < 4.78 is 5.46. The number of nitrogens with two attached hydrogens (primary N) is 1. The number of hydrogen-bond acceptors (Lipinski definition) is 4. The van der Waals surface area contributed by atoms with Crippen molar-refractivity contribution in [3.05, 3.63) is 48.5 Å². The second-order valence-electron chi connectivity index (χ2n) is 3.58. The van der Waals surface area contributed by atoms with E-state index < -0.39 is 0 Å². The second-order valence-corrected chi connectivity index (χ2v) is 3.58. The smallest absolute Gasteiger partial charge is 0.159 e. The van der Waals surface area contributed by atoms with Gasteiger partial charge in [-0.2, -0.15) is 0 Å². The van der Waals surface area contributed by atoms with E-state index in [4.69, 9.17) is 10.5 Å². The highest BCUT2D eigenvalue weighted by Gasteiger charge is 1.95. The molecule has 4 N–H and O–H groups in total. The molecule has 0 aromatic heterocycles. The van der Waals surface area contributed by atoms with E-state index in [0.717, 1.165) is 11.4 Å². The van der Waals surface area contributed by atoms with Gasteiger partial charge in [0.15, 0.2) is 6.73 Å². The first-order chi connectivity index (χ1) is 8.24. The summed E-state index contributed by atoms with van der Waals surface area (Å²) in [6.45, 7) is 0.327. The van der Waals surface area contributed by atoms with Gasteiger partial charge in [0.25, 0.3) is 0 Å². The molecule has 0 aliphatic carbocycles. The zero-order chi connectivity index (χ0) is 12.1. The van der Waals surface area contributed by atoms with E-state index in [-0.39, 0.29) is 5.75 Å². The van der Waals surface area contributed by atoms with Gasteiger partial charge in [0.2, 0.25) is 0 Å². The number of hydrogen-bond donors (Lipinski definition) is 3. The summed E-state index contributed by atoms with van der Waals surface area (Å²) in [4.78, 5) is 0. The Morgan fingerprint density at radius 3 is 2.59 bits per heavy atom. The lowest BCUT2D eigenvalue weighted by molar-refractivity contribution is 0.347. The Labute approximate surface area is 99.7 Å². The second kappa shape index (κ2) is 5.12. The van der Waals surface area contributed by atoms with Crippen molar-refractivity contribution < 1.29 is 9.84 Å². The molecule has 0 heterocycles. The summed E-state index contributed by atoms with van der Waals surface area (Å²) in [5.74, 6) is 0.967. The van der Waals surface area contributed by atoms with E-state index >= 15 is 0 Å². The minimum Gasteiger partial charge on any atom is -0.508 e. The molecule has 2 aromatic rings. The van der Waals surface area contributed by atoms with Crippen LogP contribution in [0.4, 0.5) is 11.4 Å². The molecule has 0 radical (unpaired) electrons. The van der Waals surface area contributed by atoms with Gasteiger partial charge in [-0.05, 0) is 36.4 Å². The highest BCUT2D eigenvalue weighted by atomic mass is 16.5. The van der Waals surface area contributed by atoms with Crippen LogP contribution in [0, 0.1) is 0 Å². The largest absolute Gasteiger partial charge is 0.508 e. The van der Waals surface area contributed by atoms with Crippen LogP contribution in [0.25, 0.3) is 0 Å². The van der Waals surface area contributed by atoms with Crippen molar-refractivity contribution in [1.29, 1.82) is 0 Å². The Morgan fingerprint density at radius 2 is 1.88 bits per heavy atom. The quantitative estimate of drug-likeness (QED) is 0.557. The maximum Gasteiger partial charge on any atom is 0.159 e. The number of aromatic hydroxyl groups is 1. The summed E-state index contributed by atoms with van der Waals surface area (Å²) in [5.41, 5.74) is 7.08. The van der Waals surface area contributed by atoms with E-state index in [0.29, 0.717) is 12.4 Å². The number of nitrogen functional groups attached to an aromatic ring is 1. The van der Waals surface area contributed by atoms with Crippen LogP contribution >= 0.6 is 0 Å². The van der Waals surface area contributed by atoms with Crippen molar-refractivity contribution in [3.63, 3.8) is 0 Å². The van der Waals surface area contributed by atoms with Crippen LogP contribution < -0.4 is 15.8 Å². The van der Waals surface area contributed by atoms with Gasteiger partial charge in [-0.1, -0.05) is 6.07 Å². The summed E-state index contributed by atoms with van der Waals surface area (Å²) >= 11 is 0. The molecule has 88 valence electrons. The molecule has 4 nitrogen and oxygen atoms in total. The topological polar surface area (TPSA) is 67.5 Å². The van der Waals surface area contributed by atoms with Crippen LogP contribution in [0.15, 0.2) is 48.5 Å². The van der Waals surface area contributed by atoms with Crippen molar-refractivity contribution in [2.24, 2.45) is 0 Å². The van der Waals surface area contributed by atoms with Crippen molar-refractivity contribution >= 4 is 11.4 Å². The van der Waals surface area contributed by atoms with Gasteiger partial charge < -0.3 is 20.9 Å². The number of phenols is 1. The molecule has 0 saturated heterocycles. The Balaban J connectivity index is 1.85. The van der Waals surface area contributed by atoms with Gasteiger partial charge in [-0.25, -0.2) is 0 Å². The average Bonchev–Trinajstić information content (AvgIpc) is 2.32. The standard InChI is InChI=1S/C13H14N2O2/c14-10-4-6-13(7-5-10)17-9-15-11-2-1-3-12(16)8-11/h1-8,15-16H,9,14H2. The molecule has 2 rings (SSSR count). The Bertz CT molecular complexity index is 483. The molecule has 0 aliphatic heterocycles. The highest BCUT2D eigenvalue weighted by Crippen LogP contribution is 2.16. The summed E-state index contributed by atoms with van der Waals surface area (Å²) in [5, 5.41) is 12.3. The van der Waals surface area contributed by atoms with Crippen LogP contribution in [-0.4, -0.2) is 11.8 Å². The van der Waals surface area contributed by atoms with E-state index in [2.05, 4.69) is 5.32 Å². The normalized spacial score (nSPS) is 9.88. The minimum atomic E-state index is 0.225. The van der Waals surface area contributed by atoms with E-state index in [1.807, 2.05) is 6.07 Å². The van der Waals surface area contributed by atoms with E-state index in [9.17, 15) is 5.11 Å². The van der Waals surface area contributed by atoms with Gasteiger partial charge in [-0.3, -0.25) is 0 Å². The molecule has 0 atom stereocenters. The van der Waals surface area contributed by atoms with Gasteiger partial charge >= 0.3 is 0 Å². The molecule has 0 unspecified atom stereocenters. The van der Waals surface area contributed by atoms with Gasteiger partial charge in [0, 0.05) is 17.4 Å². The lowest BCUT2D eigenvalue weighted by Crippen LogP contribution is -2.08. The fourth-order valence-electron chi connectivity index (χ4n) is 1.38.